The Morgan fingerprint density at radius 2 is 1.85 bits per heavy atom. The molecule has 0 spiro atoms. The third-order valence-corrected chi connectivity index (χ3v) is 5.89. The normalized spacial score (nSPS) is 21.7. The van der Waals surface area contributed by atoms with Crippen LogP contribution in [0.1, 0.15) is 44.7 Å². The highest BCUT2D eigenvalue weighted by molar-refractivity contribution is 8.00. The number of carbonyl (C=O) groups excluding carboxylic acids is 1. The molecule has 1 aromatic carbocycles. The summed E-state index contributed by atoms with van der Waals surface area (Å²) < 4.78 is 0. The summed E-state index contributed by atoms with van der Waals surface area (Å²) in [5, 5.41) is 14.9. The maximum absolute atomic E-state index is 12.2. The molecule has 1 saturated heterocycles. The van der Waals surface area contributed by atoms with E-state index >= 15 is 0 Å². The number of rotatable bonds is 7. The Bertz CT molecular complexity index is 609. The van der Waals surface area contributed by atoms with E-state index in [0.717, 1.165) is 6.42 Å². The fourth-order valence-corrected chi connectivity index (χ4v) is 4.27. The average Bonchev–Trinajstić information content (AvgIpc) is 3.04. The first-order valence-corrected chi connectivity index (χ1v) is 9.82. The number of hydrogen-bond acceptors (Lipinski definition) is 4. The third-order valence-electron chi connectivity index (χ3n) is 4.46. The van der Waals surface area contributed by atoms with Crippen LogP contribution in [0, 0.1) is 5.92 Å². The lowest BCUT2D eigenvalue weighted by Crippen LogP contribution is -2.49. The number of aliphatic carboxylic acids is 1. The van der Waals surface area contributed by atoms with E-state index in [-0.39, 0.29) is 35.6 Å². The molecule has 1 aliphatic heterocycles. The number of carbonyl (C=O) groups is 2. The first-order chi connectivity index (χ1) is 11.8. The van der Waals surface area contributed by atoms with E-state index < -0.39 is 12.0 Å². The molecule has 5 nitrogen and oxygen atoms in total. The summed E-state index contributed by atoms with van der Waals surface area (Å²) in [5.41, 5.74) is 2.59. The summed E-state index contributed by atoms with van der Waals surface area (Å²) in [6, 6.07) is 7.49. The molecule has 2 rings (SSSR count). The van der Waals surface area contributed by atoms with Crippen molar-refractivity contribution in [3.8, 4) is 0 Å². The van der Waals surface area contributed by atoms with E-state index in [1.807, 2.05) is 0 Å². The van der Waals surface area contributed by atoms with Crippen LogP contribution < -0.4 is 10.6 Å². The summed E-state index contributed by atoms with van der Waals surface area (Å²) in [6.45, 7) is 8.06. The maximum Gasteiger partial charge on any atom is 0.325 e. The highest BCUT2D eigenvalue weighted by atomic mass is 35.5. The summed E-state index contributed by atoms with van der Waals surface area (Å²) in [7, 11) is 0. The number of benzene rings is 1. The van der Waals surface area contributed by atoms with E-state index in [4.69, 9.17) is 5.11 Å². The van der Waals surface area contributed by atoms with Gasteiger partial charge in [0.15, 0.2) is 0 Å². The number of carboxylic acids is 1. The lowest BCUT2D eigenvalue weighted by Gasteiger charge is -2.21. The number of amides is 1. The highest BCUT2D eigenvalue weighted by Crippen LogP contribution is 2.32. The van der Waals surface area contributed by atoms with Crippen LogP contribution in [0.15, 0.2) is 24.3 Å². The summed E-state index contributed by atoms with van der Waals surface area (Å²) in [5.74, 6) is 0.295. The van der Waals surface area contributed by atoms with E-state index in [0.29, 0.717) is 11.7 Å². The standard InChI is InChI=1S/C19H28N2O3S.ClH/c1-11(2)9-14-5-7-15(8-6-14)12(3)18-21-16(10-25-18)17(22)20-13(4)19(23)24;/h5-8,11-13,16,18,21H,9-10H2,1-4H3,(H,20,22)(H,23,24);1H/t12-,13+,16+,18?;/m1./s1. The second-order valence-corrected chi connectivity index (χ2v) is 8.34. The van der Waals surface area contributed by atoms with Gasteiger partial charge in [-0.25, -0.2) is 0 Å². The SMILES string of the molecule is CC(C)Cc1ccc([C@@H](C)C2N[C@H](C(=O)N[C@@H](C)C(=O)O)CS2)cc1.Cl. The molecule has 1 aliphatic rings. The van der Waals surface area contributed by atoms with Crippen LogP contribution in [0.25, 0.3) is 0 Å². The van der Waals surface area contributed by atoms with Gasteiger partial charge >= 0.3 is 5.97 Å². The van der Waals surface area contributed by atoms with Crippen molar-refractivity contribution in [2.24, 2.45) is 5.92 Å². The molecule has 0 aliphatic carbocycles. The zero-order chi connectivity index (χ0) is 18.6. The fourth-order valence-electron chi connectivity index (χ4n) is 2.91. The minimum Gasteiger partial charge on any atom is -0.480 e. The Morgan fingerprint density at radius 3 is 2.38 bits per heavy atom. The number of hydrogen-bond donors (Lipinski definition) is 3. The molecule has 3 N–H and O–H groups in total. The van der Waals surface area contributed by atoms with Crippen molar-refractivity contribution < 1.29 is 14.7 Å². The minimum atomic E-state index is -1.02. The zero-order valence-electron chi connectivity index (χ0n) is 15.7. The Balaban J connectivity index is 0.00000338. The van der Waals surface area contributed by atoms with Crippen LogP contribution in [0.4, 0.5) is 0 Å². The van der Waals surface area contributed by atoms with Gasteiger partial charge in [-0.05, 0) is 30.4 Å². The zero-order valence-corrected chi connectivity index (χ0v) is 17.3. The van der Waals surface area contributed by atoms with Crippen LogP contribution in [0.2, 0.25) is 0 Å². The molecular formula is C19H29ClN2O3S. The van der Waals surface area contributed by atoms with Gasteiger partial charge in [-0.15, -0.1) is 24.2 Å². The quantitative estimate of drug-likeness (QED) is 0.655. The fraction of sp³-hybridized carbons (Fsp3) is 0.579. The third kappa shape index (κ3) is 6.18. The van der Waals surface area contributed by atoms with Crippen LogP contribution >= 0.6 is 24.2 Å². The Morgan fingerprint density at radius 1 is 1.23 bits per heavy atom. The first kappa shape index (κ1) is 22.8. The molecule has 1 fully saturated rings. The molecule has 26 heavy (non-hydrogen) atoms. The van der Waals surface area contributed by atoms with Gasteiger partial charge in [0.1, 0.15) is 6.04 Å². The van der Waals surface area contributed by atoms with Gasteiger partial charge in [0.05, 0.1) is 11.4 Å². The molecule has 0 saturated carbocycles. The van der Waals surface area contributed by atoms with E-state index in [1.54, 1.807) is 11.8 Å². The van der Waals surface area contributed by atoms with Gasteiger partial charge in [-0.1, -0.05) is 45.0 Å². The molecule has 0 radical (unpaired) electrons. The topological polar surface area (TPSA) is 78.4 Å². The molecule has 7 heteroatoms. The van der Waals surface area contributed by atoms with Crippen LogP contribution in [-0.4, -0.2) is 40.2 Å². The van der Waals surface area contributed by atoms with Crippen molar-refractivity contribution in [3.05, 3.63) is 35.4 Å². The Kier molecular flexibility index (Phi) is 8.93. The Labute approximate surface area is 166 Å². The molecule has 0 aromatic heterocycles. The van der Waals surface area contributed by atoms with Crippen LogP contribution in [0.5, 0.6) is 0 Å². The average molecular weight is 401 g/mol. The Hall–Kier alpha value is -1.24. The maximum atomic E-state index is 12.2. The van der Waals surface area contributed by atoms with E-state index in [9.17, 15) is 9.59 Å². The smallest absolute Gasteiger partial charge is 0.325 e. The molecular weight excluding hydrogens is 372 g/mol. The van der Waals surface area contributed by atoms with Gasteiger partial charge < -0.3 is 10.4 Å². The second kappa shape index (κ2) is 10.2. The molecule has 1 unspecified atom stereocenters. The largest absolute Gasteiger partial charge is 0.480 e. The van der Waals surface area contributed by atoms with Gasteiger partial charge in [-0.3, -0.25) is 14.9 Å². The molecule has 1 aromatic rings. The van der Waals surface area contributed by atoms with Crippen molar-refractivity contribution in [1.82, 2.24) is 10.6 Å². The van der Waals surface area contributed by atoms with Crippen molar-refractivity contribution >= 4 is 36.0 Å². The second-order valence-electron chi connectivity index (χ2n) is 7.17. The number of carboxylic acid groups (broad SMARTS) is 1. The van der Waals surface area contributed by atoms with Crippen molar-refractivity contribution in [3.63, 3.8) is 0 Å². The van der Waals surface area contributed by atoms with Gasteiger partial charge in [-0.2, -0.15) is 0 Å². The summed E-state index contributed by atoms with van der Waals surface area (Å²) in [6.07, 6.45) is 1.08. The summed E-state index contributed by atoms with van der Waals surface area (Å²) in [4.78, 5) is 23.0. The van der Waals surface area contributed by atoms with Crippen molar-refractivity contribution in [2.45, 2.75) is 57.5 Å². The van der Waals surface area contributed by atoms with E-state index in [2.05, 4.69) is 55.7 Å². The van der Waals surface area contributed by atoms with Gasteiger partial charge in [0.2, 0.25) is 5.91 Å². The molecule has 1 heterocycles. The number of nitrogens with one attached hydrogen (secondary N) is 2. The molecule has 4 atom stereocenters. The van der Waals surface area contributed by atoms with Crippen LogP contribution in [-0.2, 0) is 16.0 Å². The van der Waals surface area contributed by atoms with E-state index in [1.165, 1.54) is 18.1 Å². The van der Waals surface area contributed by atoms with Crippen LogP contribution in [0.3, 0.4) is 0 Å². The lowest BCUT2D eigenvalue weighted by atomic mass is 9.96. The molecule has 0 bridgehead atoms. The molecule has 1 amide bonds. The lowest BCUT2D eigenvalue weighted by molar-refractivity contribution is -0.141. The predicted molar refractivity (Wildman–Crippen MR) is 109 cm³/mol. The minimum absolute atomic E-state index is 0. The van der Waals surface area contributed by atoms with Gasteiger partial charge in [0.25, 0.3) is 0 Å². The predicted octanol–water partition coefficient (Wildman–Crippen LogP) is 3.03. The summed E-state index contributed by atoms with van der Waals surface area (Å²) >= 11 is 1.71. The first-order valence-electron chi connectivity index (χ1n) is 8.77. The number of thioether (sulfide) groups is 1. The number of halogens is 1. The highest BCUT2D eigenvalue weighted by Gasteiger charge is 2.34. The van der Waals surface area contributed by atoms with Crippen molar-refractivity contribution in [1.29, 1.82) is 0 Å². The van der Waals surface area contributed by atoms with Crippen molar-refractivity contribution in [2.75, 3.05) is 5.75 Å². The molecule has 146 valence electrons. The monoisotopic (exact) mass is 400 g/mol. The van der Waals surface area contributed by atoms with Gasteiger partial charge in [0, 0.05) is 11.7 Å².